The molecular weight excluding hydrogens is 294 g/mol. The van der Waals surface area contributed by atoms with Crippen molar-refractivity contribution in [3.63, 3.8) is 0 Å². The van der Waals surface area contributed by atoms with Crippen LogP contribution in [0, 0.1) is 10.1 Å². The molecule has 21 heavy (non-hydrogen) atoms. The van der Waals surface area contributed by atoms with E-state index in [4.69, 9.17) is 11.6 Å². The van der Waals surface area contributed by atoms with E-state index in [0.29, 0.717) is 21.6 Å². The number of nitro groups is 1. The predicted molar refractivity (Wildman–Crippen MR) is 79.0 cm³/mol. The fourth-order valence-electron chi connectivity index (χ4n) is 2.11. The van der Waals surface area contributed by atoms with Gasteiger partial charge < -0.3 is 0 Å². The third-order valence-electron chi connectivity index (χ3n) is 3.06. The van der Waals surface area contributed by atoms with Crippen LogP contribution >= 0.6 is 11.6 Å². The van der Waals surface area contributed by atoms with Crippen LogP contribution in [0.4, 0.5) is 5.69 Å². The van der Waals surface area contributed by atoms with Crippen molar-refractivity contribution in [3.05, 3.63) is 74.3 Å². The van der Waals surface area contributed by atoms with Crippen molar-refractivity contribution >= 4 is 28.2 Å². The third-order valence-corrected chi connectivity index (χ3v) is 3.38. The highest BCUT2D eigenvalue weighted by atomic mass is 35.5. The summed E-state index contributed by atoms with van der Waals surface area (Å²) in [6.45, 7) is 0. The van der Waals surface area contributed by atoms with Gasteiger partial charge in [-0.2, -0.15) is 0 Å². The van der Waals surface area contributed by atoms with Gasteiger partial charge in [-0.15, -0.1) is 0 Å². The number of fused-ring (bicyclic) bond motifs is 1. The van der Waals surface area contributed by atoms with Gasteiger partial charge in [-0.1, -0.05) is 23.7 Å². The zero-order valence-corrected chi connectivity index (χ0v) is 11.3. The summed E-state index contributed by atoms with van der Waals surface area (Å²) in [5.74, 6) is 0. The number of hydrogen-bond acceptors (Lipinski definition) is 4. The summed E-state index contributed by atoms with van der Waals surface area (Å²) in [6.07, 6.45) is 1.32. The highest BCUT2D eigenvalue weighted by Crippen LogP contribution is 2.24. The smallest absolute Gasteiger partial charge is 0.259 e. The normalized spacial score (nSPS) is 10.7. The Hall–Kier alpha value is -2.73. The van der Waals surface area contributed by atoms with Crippen LogP contribution in [0.25, 0.3) is 16.6 Å². The zero-order chi connectivity index (χ0) is 15.0. The summed E-state index contributed by atoms with van der Waals surface area (Å²) >= 11 is 6.12. The van der Waals surface area contributed by atoms with E-state index >= 15 is 0 Å². The van der Waals surface area contributed by atoms with E-state index in [0.717, 1.165) is 0 Å². The number of nitro benzene ring substituents is 1. The Kier molecular flexibility index (Phi) is 3.15. The van der Waals surface area contributed by atoms with Crippen molar-refractivity contribution in [1.82, 2.24) is 9.55 Å². The molecule has 0 amide bonds. The molecule has 0 saturated heterocycles. The van der Waals surface area contributed by atoms with Crippen LogP contribution in [0.3, 0.4) is 0 Å². The predicted octanol–water partition coefficient (Wildman–Crippen LogP) is 2.95. The first-order valence-electron chi connectivity index (χ1n) is 5.99. The van der Waals surface area contributed by atoms with Crippen LogP contribution in [-0.4, -0.2) is 14.5 Å². The van der Waals surface area contributed by atoms with Gasteiger partial charge in [0.2, 0.25) is 0 Å². The minimum Gasteiger partial charge on any atom is -0.259 e. The second-order valence-corrected chi connectivity index (χ2v) is 4.74. The van der Waals surface area contributed by atoms with Crippen LogP contribution in [-0.2, 0) is 0 Å². The number of rotatable bonds is 2. The minimum absolute atomic E-state index is 0.0614. The van der Waals surface area contributed by atoms with Gasteiger partial charge in [0.15, 0.2) is 0 Å². The zero-order valence-electron chi connectivity index (χ0n) is 10.6. The molecule has 0 fully saturated rings. The van der Waals surface area contributed by atoms with Crippen molar-refractivity contribution in [2.45, 2.75) is 0 Å². The Labute approximate surface area is 123 Å². The molecular formula is C14H8ClN3O3. The van der Waals surface area contributed by atoms with E-state index in [9.17, 15) is 14.9 Å². The summed E-state index contributed by atoms with van der Waals surface area (Å²) in [5, 5.41) is 11.7. The van der Waals surface area contributed by atoms with Crippen LogP contribution in [0.1, 0.15) is 0 Å². The van der Waals surface area contributed by atoms with E-state index < -0.39 is 10.6 Å². The van der Waals surface area contributed by atoms with Gasteiger partial charge in [-0.05, 0) is 18.2 Å². The van der Waals surface area contributed by atoms with Crippen molar-refractivity contribution in [3.8, 4) is 5.69 Å². The van der Waals surface area contributed by atoms with Gasteiger partial charge in [0, 0.05) is 23.7 Å². The minimum atomic E-state index is -0.496. The molecule has 0 aliphatic rings. The molecule has 3 aromatic rings. The van der Waals surface area contributed by atoms with Crippen LogP contribution < -0.4 is 5.69 Å². The topological polar surface area (TPSA) is 78.0 Å². The highest BCUT2D eigenvalue weighted by Gasteiger charge is 2.12. The highest BCUT2D eigenvalue weighted by molar-refractivity contribution is 6.32. The maximum absolute atomic E-state index is 12.1. The molecule has 0 bridgehead atoms. The fourth-order valence-corrected chi connectivity index (χ4v) is 2.33. The lowest BCUT2D eigenvalue weighted by Crippen LogP contribution is -2.21. The SMILES string of the molecule is O=c1ncc2cc([N+](=O)[O-])ccc2n1-c1ccccc1Cl. The molecule has 0 atom stereocenters. The number of nitrogens with zero attached hydrogens (tertiary/aromatic N) is 3. The summed E-state index contributed by atoms with van der Waals surface area (Å²) in [5.41, 5.74) is 0.433. The second-order valence-electron chi connectivity index (χ2n) is 4.33. The van der Waals surface area contributed by atoms with Crippen molar-refractivity contribution in [1.29, 1.82) is 0 Å². The third kappa shape index (κ3) is 2.25. The molecule has 6 nitrogen and oxygen atoms in total. The van der Waals surface area contributed by atoms with E-state index in [1.165, 1.54) is 29.0 Å². The average Bonchev–Trinajstić information content (AvgIpc) is 2.48. The maximum Gasteiger partial charge on any atom is 0.352 e. The standard InChI is InChI=1S/C14H8ClN3O3/c15-11-3-1-2-4-13(11)17-12-6-5-10(18(20)21)7-9(12)8-16-14(17)19/h1-8H. The molecule has 0 saturated carbocycles. The number of para-hydroxylation sites is 1. The monoisotopic (exact) mass is 301 g/mol. The van der Waals surface area contributed by atoms with Crippen LogP contribution in [0.5, 0.6) is 0 Å². The van der Waals surface area contributed by atoms with E-state index in [1.807, 2.05) is 0 Å². The molecule has 0 aliphatic heterocycles. The van der Waals surface area contributed by atoms with E-state index in [2.05, 4.69) is 4.98 Å². The summed E-state index contributed by atoms with van der Waals surface area (Å²) in [4.78, 5) is 26.1. The molecule has 104 valence electrons. The van der Waals surface area contributed by atoms with Crippen LogP contribution in [0.2, 0.25) is 5.02 Å². The molecule has 1 heterocycles. The van der Waals surface area contributed by atoms with Crippen molar-refractivity contribution < 1.29 is 4.92 Å². The Balaban J connectivity index is 2.37. The first-order valence-corrected chi connectivity index (χ1v) is 6.37. The quantitative estimate of drug-likeness (QED) is 0.538. The molecule has 0 unspecified atom stereocenters. The Morgan fingerprint density at radius 2 is 1.95 bits per heavy atom. The van der Waals surface area contributed by atoms with Gasteiger partial charge in [0.25, 0.3) is 5.69 Å². The Morgan fingerprint density at radius 3 is 2.67 bits per heavy atom. The molecule has 0 spiro atoms. The lowest BCUT2D eigenvalue weighted by atomic mass is 10.2. The van der Waals surface area contributed by atoms with E-state index in [-0.39, 0.29) is 5.69 Å². The molecule has 0 N–H and O–H groups in total. The molecule has 0 radical (unpaired) electrons. The number of aromatic nitrogens is 2. The van der Waals surface area contributed by atoms with Crippen molar-refractivity contribution in [2.75, 3.05) is 0 Å². The first-order chi connectivity index (χ1) is 10.1. The average molecular weight is 302 g/mol. The molecule has 1 aromatic heterocycles. The number of hydrogen-bond donors (Lipinski definition) is 0. The van der Waals surface area contributed by atoms with Gasteiger partial charge in [-0.25, -0.2) is 9.78 Å². The van der Waals surface area contributed by atoms with Gasteiger partial charge >= 0.3 is 5.69 Å². The number of non-ortho nitro benzene ring substituents is 1. The Bertz CT molecular complexity index is 921. The molecule has 2 aromatic carbocycles. The molecule has 0 aliphatic carbocycles. The summed E-state index contributed by atoms with van der Waals surface area (Å²) in [6, 6.07) is 11.1. The fraction of sp³-hybridized carbons (Fsp3) is 0. The summed E-state index contributed by atoms with van der Waals surface area (Å²) in [7, 11) is 0. The first kappa shape index (κ1) is 13.3. The van der Waals surface area contributed by atoms with Gasteiger partial charge in [0.1, 0.15) is 0 Å². The van der Waals surface area contributed by atoms with Crippen molar-refractivity contribution in [2.24, 2.45) is 0 Å². The van der Waals surface area contributed by atoms with Crippen LogP contribution in [0.15, 0.2) is 53.5 Å². The lowest BCUT2D eigenvalue weighted by Gasteiger charge is -2.10. The van der Waals surface area contributed by atoms with E-state index in [1.54, 1.807) is 24.3 Å². The van der Waals surface area contributed by atoms with Gasteiger partial charge in [-0.3, -0.25) is 14.7 Å². The molecule has 7 heteroatoms. The summed E-state index contributed by atoms with van der Waals surface area (Å²) < 4.78 is 1.33. The maximum atomic E-state index is 12.1. The Morgan fingerprint density at radius 1 is 1.19 bits per heavy atom. The molecule has 3 rings (SSSR count). The lowest BCUT2D eigenvalue weighted by molar-refractivity contribution is -0.384. The largest absolute Gasteiger partial charge is 0.352 e. The number of benzene rings is 2. The van der Waals surface area contributed by atoms with Gasteiger partial charge in [0.05, 0.1) is 21.2 Å². The second kappa shape index (κ2) is 4.99. The number of halogens is 1.